The predicted molar refractivity (Wildman–Crippen MR) is 86.5 cm³/mol. The first-order valence-electron chi connectivity index (χ1n) is 7.60. The fourth-order valence-electron chi connectivity index (χ4n) is 3.07. The Bertz CT molecular complexity index is 694. The quantitative estimate of drug-likeness (QED) is 0.887. The van der Waals surface area contributed by atoms with E-state index in [4.69, 9.17) is 9.47 Å². The van der Waals surface area contributed by atoms with Crippen molar-refractivity contribution in [3.05, 3.63) is 35.1 Å². The standard InChI is InChI=1S/C17H20N2O4/c1-22-14-4-3-10(9-15(14)23-2)11-7-12(20)16(13(21)8-11)17-18-5-6-19-17/h3-4,9,11,20H,5-8H2,1-2H3,(H,18,19). The minimum Gasteiger partial charge on any atom is -0.511 e. The zero-order chi connectivity index (χ0) is 16.4. The van der Waals surface area contributed by atoms with E-state index in [9.17, 15) is 9.90 Å². The third-order valence-electron chi connectivity index (χ3n) is 4.23. The normalized spacial score (nSPS) is 21.0. The minimum atomic E-state index is -0.0818. The van der Waals surface area contributed by atoms with E-state index in [0.717, 1.165) is 5.56 Å². The highest BCUT2D eigenvalue weighted by Gasteiger charge is 2.32. The molecule has 0 spiro atoms. The molecule has 0 radical (unpaired) electrons. The molecule has 0 saturated carbocycles. The van der Waals surface area contributed by atoms with Gasteiger partial charge in [0.1, 0.15) is 11.6 Å². The zero-order valence-corrected chi connectivity index (χ0v) is 13.3. The van der Waals surface area contributed by atoms with Crippen LogP contribution in [0.15, 0.2) is 34.5 Å². The van der Waals surface area contributed by atoms with Crippen molar-refractivity contribution in [2.45, 2.75) is 18.8 Å². The maximum Gasteiger partial charge on any atom is 0.170 e. The number of nitrogens with one attached hydrogen (secondary N) is 1. The Hall–Kier alpha value is -2.50. The van der Waals surface area contributed by atoms with E-state index in [1.54, 1.807) is 14.2 Å². The first-order chi connectivity index (χ1) is 11.1. The lowest BCUT2D eigenvalue weighted by Crippen LogP contribution is -2.30. The van der Waals surface area contributed by atoms with Gasteiger partial charge in [0.2, 0.25) is 0 Å². The number of rotatable bonds is 4. The van der Waals surface area contributed by atoms with Crippen LogP contribution in [0.25, 0.3) is 0 Å². The van der Waals surface area contributed by atoms with E-state index in [1.807, 2.05) is 18.2 Å². The van der Waals surface area contributed by atoms with Gasteiger partial charge in [-0.1, -0.05) is 6.07 Å². The maximum atomic E-state index is 12.5. The molecular formula is C17H20N2O4. The highest BCUT2D eigenvalue weighted by molar-refractivity contribution is 6.22. The van der Waals surface area contributed by atoms with Crippen molar-refractivity contribution in [1.29, 1.82) is 0 Å². The fraction of sp³-hybridized carbons (Fsp3) is 0.412. The van der Waals surface area contributed by atoms with E-state index in [2.05, 4.69) is 10.3 Å². The molecule has 6 heteroatoms. The number of methoxy groups -OCH3 is 2. The van der Waals surface area contributed by atoms with Crippen molar-refractivity contribution in [1.82, 2.24) is 5.32 Å². The van der Waals surface area contributed by atoms with Gasteiger partial charge >= 0.3 is 0 Å². The molecule has 1 aliphatic heterocycles. The van der Waals surface area contributed by atoms with Crippen molar-refractivity contribution in [2.24, 2.45) is 4.99 Å². The molecule has 2 N–H and O–H groups in total. The average molecular weight is 316 g/mol. The zero-order valence-electron chi connectivity index (χ0n) is 13.3. The van der Waals surface area contributed by atoms with E-state index < -0.39 is 0 Å². The summed E-state index contributed by atoms with van der Waals surface area (Å²) >= 11 is 0. The molecule has 0 amide bonds. The number of hydrogen-bond donors (Lipinski definition) is 2. The second kappa shape index (κ2) is 6.32. The Kier molecular flexibility index (Phi) is 4.23. The number of aliphatic imine (C=N–C) groups is 1. The monoisotopic (exact) mass is 316 g/mol. The molecule has 1 atom stereocenters. The number of amidine groups is 1. The lowest BCUT2D eigenvalue weighted by atomic mass is 9.82. The van der Waals surface area contributed by atoms with Crippen molar-refractivity contribution >= 4 is 11.6 Å². The van der Waals surface area contributed by atoms with Gasteiger partial charge in [0, 0.05) is 19.4 Å². The van der Waals surface area contributed by atoms with Crippen LogP contribution >= 0.6 is 0 Å². The summed E-state index contributed by atoms with van der Waals surface area (Å²) in [4.78, 5) is 16.7. The minimum absolute atomic E-state index is 0.0759. The fourth-order valence-corrected chi connectivity index (χ4v) is 3.07. The van der Waals surface area contributed by atoms with Gasteiger partial charge in [0.15, 0.2) is 17.3 Å². The average Bonchev–Trinajstić information content (AvgIpc) is 3.07. The molecule has 122 valence electrons. The predicted octanol–water partition coefficient (Wildman–Crippen LogP) is 1.96. The van der Waals surface area contributed by atoms with Gasteiger partial charge < -0.3 is 19.9 Å². The third-order valence-corrected chi connectivity index (χ3v) is 4.23. The smallest absolute Gasteiger partial charge is 0.170 e. The summed E-state index contributed by atoms with van der Waals surface area (Å²) < 4.78 is 10.5. The number of aliphatic hydroxyl groups excluding tert-OH is 1. The van der Waals surface area contributed by atoms with Gasteiger partial charge in [-0.3, -0.25) is 9.79 Å². The number of Topliss-reactive ketones (excluding diaryl/α,β-unsaturated/α-hetero) is 1. The van der Waals surface area contributed by atoms with Crippen LogP contribution in [0.5, 0.6) is 11.5 Å². The Morgan fingerprint density at radius 3 is 2.61 bits per heavy atom. The summed E-state index contributed by atoms with van der Waals surface area (Å²) in [5, 5.41) is 13.4. The summed E-state index contributed by atoms with van der Waals surface area (Å²) in [6, 6.07) is 5.58. The van der Waals surface area contributed by atoms with Crippen LogP contribution in [0, 0.1) is 0 Å². The third kappa shape index (κ3) is 2.88. The van der Waals surface area contributed by atoms with Gasteiger partial charge in [-0.25, -0.2) is 0 Å². The highest BCUT2D eigenvalue weighted by atomic mass is 16.5. The Morgan fingerprint density at radius 2 is 2.00 bits per heavy atom. The molecule has 1 aromatic carbocycles. The van der Waals surface area contributed by atoms with E-state index >= 15 is 0 Å². The Labute approximate surface area is 134 Å². The molecule has 0 aromatic heterocycles. The van der Waals surface area contributed by atoms with Crippen LogP contribution in [0.1, 0.15) is 24.3 Å². The van der Waals surface area contributed by atoms with Crippen molar-refractivity contribution in [2.75, 3.05) is 27.3 Å². The summed E-state index contributed by atoms with van der Waals surface area (Å²) in [5.74, 6) is 1.74. The Morgan fingerprint density at radius 1 is 1.22 bits per heavy atom. The largest absolute Gasteiger partial charge is 0.511 e. The number of carbonyl (C=O) groups excluding carboxylic acids is 1. The molecule has 1 heterocycles. The maximum absolute atomic E-state index is 12.5. The van der Waals surface area contributed by atoms with E-state index in [1.165, 1.54) is 0 Å². The molecule has 0 fully saturated rings. The lowest BCUT2D eigenvalue weighted by Gasteiger charge is -2.24. The number of hydrogen-bond acceptors (Lipinski definition) is 6. The molecule has 1 aliphatic carbocycles. The topological polar surface area (TPSA) is 80.2 Å². The number of aliphatic hydroxyl groups is 1. The van der Waals surface area contributed by atoms with Gasteiger partial charge in [-0.05, 0) is 23.6 Å². The first-order valence-corrected chi connectivity index (χ1v) is 7.60. The summed E-state index contributed by atoms with van der Waals surface area (Å²) in [7, 11) is 3.16. The number of allylic oxidation sites excluding steroid dienone is 1. The number of carbonyl (C=O) groups is 1. The molecule has 3 rings (SSSR count). The van der Waals surface area contributed by atoms with Crippen molar-refractivity contribution < 1.29 is 19.4 Å². The number of benzene rings is 1. The summed E-state index contributed by atoms with van der Waals surface area (Å²) in [6.07, 6.45) is 0.757. The number of nitrogens with zero attached hydrogens (tertiary/aromatic N) is 1. The Balaban J connectivity index is 1.88. The van der Waals surface area contributed by atoms with Gasteiger partial charge in [0.05, 0.1) is 26.3 Å². The second-order valence-corrected chi connectivity index (χ2v) is 5.62. The molecule has 0 bridgehead atoms. The molecule has 2 aliphatic rings. The summed E-state index contributed by atoms with van der Waals surface area (Å²) in [6.45, 7) is 1.34. The molecule has 1 aromatic rings. The van der Waals surface area contributed by atoms with E-state index in [-0.39, 0.29) is 17.5 Å². The molecule has 23 heavy (non-hydrogen) atoms. The van der Waals surface area contributed by atoms with Crippen LogP contribution < -0.4 is 14.8 Å². The van der Waals surface area contributed by atoms with Gasteiger partial charge in [0.25, 0.3) is 0 Å². The summed E-state index contributed by atoms with van der Waals surface area (Å²) in [5.41, 5.74) is 1.29. The van der Waals surface area contributed by atoms with Crippen LogP contribution in [0.2, 0.25) is 0 Å². The van der Waals surface area contributed by atoms with Crippen LogP contribution in [0.3, 0.4) is 0 Å². The van der Waals surface area contributed by atoms with Crippen LogP contribution in [0.4, 0.5) is 0 Å². The SMILES string of the molecule is COc1ccc(C2CC(=O)C(C3=NCCN3)=C(O)C2)cc1OC. The molecule has 1 unspecified atom stereocenters. The lowest BCUT2D eigenvalue weighted by molar-refractivity contribution is -0.116. The second-order valence-electron chi connectivity index (χ2n) is 5.62. The number of ether oxygens (including phenoxy) is 2. The van der Waals surface area contributed by atoms with Crippen LogP contribution in [-0.4, -0.2) is 44.0 Å². The highest BCUT2D eigenvalue weighted by Crippen LogP contribution is 2.37. The molecule has 0 saturated heterocycles. The molecule has 6 nitrogen and oxygen atoms in total. The molecular weight excluding hydrogens is 296 g/mol. The van der Waals surface area contributed by atoms with Crippen molar-refractivity contribution in [3.63, 3.8) is 0 Å². The first kappa shape index (κ1) is 15.4. The van der Waals surface area contributed by atoms with Gasteiger partial charge in [-0.15, -0.1) is 0 Å². The van der Waals surface area contributed by atoms with Crippen LogP contribution in [-0.2, 0) is 4.79 Å². The van der Waals surface area contributed by atoms with Crippen molar-refractivity contribution in [3.8, 4) is 11.5 Å². The number of ketones is 1. The van der Waals surface area contributed by atoms with Gasteiger partial charge in [-0.2, -0.15) is 0 Å². The van der Waals surface area contributed by atoms with E-state index in [0.29, 0.717) is 48.8 Å².